The number of halogens is 5. The number of carbonyl (C=O) groups is 1. The van der Waals surface area contributed by atoms with Crippen molar-refractivity contribution in [3.8, 4) is 5.88 Å². The van der Waals surface area contributed by atoms with Gasteiger partial charge in [-0.2, -0.15) is 13.2 Å². The molecule has 1 aromatic heterocycles. The summed E-state index contributed by atoms with van der Waals surface area (Å²) in [5.41, 5.74) is 5.31. The van der Waals surface area contributed by atoms with E-state index in [0.29, 0.717) is 6.21 Å². The van der Waals surface area contributed by atoms with Crippen LogP contribution in [0, 0.1) is 5.92 Å². The lowest BCUT2D eigenvalue weighted by atomic mass is 9.88. The Labute approximate surface area is 224 Å². The molecule has 0 radical (unpaired) electrons. The van der Waals surface area contributed by atoms with E-state index in [9.17, 15) is 26.7 Å². The number of piperidine rings is 1. The summed E-state index contributed by atoms with van der Waals surface area (Å²) in [4.78, 5) is 26.6. The minimum absolute atomic E-state index is 0.0565. The predicted octanol–water partition coefficient (Wildman–Crippen LogP) is 4.36. The Balaban J connectivity index is 2.40. The number of rotatable bonds is 9. The highest BCUT2D eigenvalue weighted by atomic mass is 19.4. The normalized spacial score (nSPS) is 21.3. The third-order valence-electron chi connectivity index (χ3n) is 6.07. The molecule has 1 aliphatic heterocycles. The smallest absolute Gasteiger partial charge is 0.417 e. The van der Waals surface area contributed by atoms with Gasteiger partial charge < -0.3 is 20.7 Å². The molecule has 1 aliphatic rings. The maximum atomic E-state index is 14.6. The van der Waals surface area contributed by atoms with Crippen LogP contribution in [0.4, 0.5) is 22.0 Å². The van der Waals surface area contributed by atoms with Crippen LogP contribution in [0.1, 0.15) is 32.9 Å². The molecule has 1 aromatic rings. The average Bonchev–Trinajstić information content (AvgIpc) is 2.87. The van der Waals surface area contributed by atoms with Gasteiger partial charge in [-0.15, -0.1) is 0 Å². The number of methoxy groups -OCH3 is 1. The lowest BCUT2D eigenvalue weighted by Gasteiger charge is -2.43. The fraction of sp³-hybridized carbons (Fsp3) is 0.462. The number of aromatic nitrogens is 1. The summed E-state index contributed by atoms with van der Waals surface area (Å²) >= 11 is 0. The molecule has 2 rings (SSSR count). The van der Waals surface area contributed by atoms with Crippen molar-refractivity contribution in [2.75, 3.05) is 27.2 Å². The van der Waals surface area contributed by atoms with E-state index in [4.69, 9.17) is 10.5 Å². The standard InChI is InChI=1S/C26H33F5N6O2/c1-6-17(26(29,30)31)12-34-21(7-2)35-14-20-16(3)11-25(27,28)15-37(20)24(38)23(32)18(13-33-4)19-9-8-10-22(36-19)39-5/h6-10,12-13,16,20,35H,11,14-15,32H2,1-5H3/b17-6+,21-7+,23-18?,33-13?,34-12-/t16?,20-/m1/s1. The summed E-state index contributed by atoms with van der Waals surface area (Å²) in [7, 11) is 2.87. The highest BCUT2D eigenvalue weighted by molar-refractivity contribution is 6.18. The van der Waals surface area contributed by atoms with Crippen molar-refractivity contribution in [1.82, 2.24) is 15.2 Å². The Morgan fingerprint density at radius 2 is 1.97 bits per heavy atom. The fourth-order valence-electron chi connectivity index (χ4n) is 4.11. The molecule has 2 atom stereocenters. The molecule has 0 aromatic carbocycles. The van der Waals surface area contributed by atoms with E-state index >= 15 is 0 Å². The third-order valence-corrected chi connectivity index (χ3v) is 6.07. The SMILES string of the molecule is C\C=C(/N=C\C(=C/C)C(F)(F)F)NC[C@@H]1C(C)CC(F)(F)CN1C(=O)C(N)=C(C=NC)c1cccc(OC)n1. The summed E-state index contributed by atoms with van der Waals surface area (Å²) < 4.78 is 73.4. The number of pyridine rings is 1. The Morgan fingerprint density at radius 1 is 1.28 bits per heavy atom. The number of nitrogens with zero attached hydrogens (tertiary/aromatic N) is 4. The van der Waals surface area contributed by atoms with Crippen LogP contribution in [-0.2, 0) is 4.79 Å². The first kappa shape index (κ1) is 31.4. The fourth-order valence-corrected chi connectivity index (χ4v) is 4.11. The third kappa shape index (κ3) is 8.36. The van der Waals surface area contributed by atoms with E-state index in [-0.39, 0.29) is 35.2 Å². The van der Waals surface area contributed by atoms with Gasteiger partial charge in [0.15, 0.2) is 0 Å². The minimum atomic E-state index is -4.58. The van der Waals surface area contributed by atoms with Gasteiger partial charge in [-0.3, -0.25) is 9.79 Å². The van der Waals surface area contributed by atoms with Gasteiger partial charge in [0.1, 0.15) is 11.5 Å². The van der Waals surface area contributed by atoms with Crippen molar-refractivity contribution in [2.45, 2.75) is 45.3 Å². The molecule has 1 saturated heterocycles. The van der Waals surface area contributed by atoms with Crippen molar-refractivity contribution < 1.29 is 31.5 Å². The number of nitrogens with two attached hydrogens (primary N) is 1. The minimum Gasteiger partial charge on any atom is -0.481 e. The number of likely N-dealkylation sites (tertiary alicyclic amines) is 1. The van der Waals surface area contributed by atoms with Gasteiger partial charge >= 0.3 is 6.18 Å². The average molecular weight is 557 g/mol. The lowest BCUT2D eigenvalue weighted by Crippen LogP contribution is -2.59. The van der Waals surface area contributed by atoms with E-state index in [2.05, 4.69) is 20.3 Å². The first-order valence-electron chi connectivity index (χ1n) is 12.1. The summed E-state index contributed by atoms with van der Waals surface area (Å²) in [6.07, 6.45) is -0.774. The van der Waals surface area contributed by atoms with Crippen molar-refractivity contribution in [3.63, 3.8) is 0 Å². The number of hydrogen-bond acceptors (Lipinski definition) is 7. The monoisotopic (exact) mass is 556 g/mol. The topological polar surface area (TPSA) is 105 Å². The second-order valence-electron chi connectivity index (χ2n) is 8.87. The van der Waals surface area contributed by atoms with Gasteiger partial charge in [-0.1, -0.05) is 19.1 Å². The maximum Gasteiger partial charge on any atom is 0.417 e. The van der Waals surface area contributed by atoms with Crippen LogP contribution in [0.25, 0.3) is 5.57 Å². The molecule has 2 heterocycles. The molecule has 0 aliphatic carbocycles. The van der Waals surface area contributed by atoms with Crippen molar-refractivity contribution in [3.05, 3.63) is 53.1 Å². The number of aliphatic imine (C=N–C) groups is 2. The number of hydrogen-bond donors (Lipinski definition) is 2. The summed E-state index contributed by atoms with van der Waals surface area (Å²) in [5, 5.41) is 2.87. The number of allylic oxidation sites excluding steroid dienone is 4. The van der Waals surface area contributed by atoms with Crippen molar-refractivity contribution in [1.29, 1.82) is 0 Å². The summed E-state index contributed by atoms with van der Waals surface area (Å²) in [6.45, 7) is 3.41. The molecular formula is C26H33F5N6O2. The molecule has 1 unspecified atom stereocenters. The molecular weight excluding hydrogens is 523 g/mol. The summed E-state index contributed by atoms with van der Waals surface area (Å²) in [5.74, 6) is -4.38. The number of alkyl halides is 5. The number of nitrogens with one attached hydrogen (secondary N) is 1. The maximum absolute atomic E-state index is 14.6. The van der Waals surface area contributed by atoms with E-state index in [1.807, 2.05) is 0 Å². The Bertz CT molecular complexity index is 1170. The molecule has 1 fully saturated rings. The van der Waals surface area contributed by atoms with Gasteiger partial charge in [-0.05, 0) is 31.9 Å². The van der Waals surface area contributed by atoms with Gasteiger partial charge in [0.2, 0.25) is 5.88 Å². The highest BCUT2D eigenvalue weighted by Gasteiger charge is 2.46. The Morgan fingerprint density at radius 3 is 2.54 bits per heavy atom. The summed E-state index contributed by atoms with van der Waals surface area (Å²) in [6, 6.07) is 4.01. The van der Waals surface area contributed by atoms with Crippen LogP contribution in [0.5, 0.6) is 5.88 Å². The highest BCUT2D eigenvalue weighted by Crippen LogP contribution is 2.35. The molecule has 8 nitrogen and oxygen atoms in total. The molecule has 13 heteroatoms. The molecule has 3 N–H and O–H groups in total. The van der Waals surface area contributed by atoms with Gasteiger partial charge in [0.25, 0.3) is 11.8 Å². The first-order chi connectivity index (χ1) is 18.3. The molecule has 214 valence electrons. The molecule has 1 amide bonds. The molecule has 0 spiro atoms. The van der Waals surface area contributed by atoms with Crippen LogP contribution in [0.2, 0.25) is 0 Å². The van der Waals surface area contributed by atoms with E-state index in [1.165, 1.54) is 33.4 Å². The van der Waals surface area contributed by atoms with Crippen LogP contribution >= 0.6 is 0 Å². The van der Waals surface area contributed by atoms with Crippen molar-refractivity contribution >= 4 is 23.9 Å². The van der Waals surface area contributed by atoms with Crippen LogP contribution in [0.15, 0.2) is 57.4 Å². The quantitative estimate of drug-likeness (QED) is 0.267. The van der Waals surface area contributed by atoms with E-state index < -0.39 is 48.5 Å². The number of amides is 1. The van der Waals surface area contributed by atoms with Crippen molar-refractivity contribution in [2.24, 2.45) is 21.6 Å². The number of ether oxygens (including phenoxy) is 1. The van der Waals surface area contributed by atoms with Gasteiger partial charge in [0.05, 0.1) is 31.0 Å². The van der Waals surface area contributed by atoms with Gasteiger partial charge in [0, 0.05) is 44.1 Å². The zero-order chi connectivity index (χ0) is 29.4. The van der Waals surface area contributed by atoms with Crippen LogP contribution in [0.3, 0.4) is 0 Å². The Kier molecular flexibility index (Phi) is 10.8. The zero-order valence-electron chi connectivity index (χ0n) is 22.4. The molecule has 0 bridgehead atoms. The Hall–Kier alpha value is -3.77. The second-order valence-corrected chi connectivity index (χ2v) is 8.87. The second kappa shape index (κ2) is 13.3. The molecule has 0 saturated carbocycles. The molecule has 39 heavy (non-hydrogen) atoms. The number of carbonyl (C=O) groups excluding carboxylic acids is 1. The predicted molar refractivity (Wildman–Crippen MR) is 141 cm³/mol. The van der Waals surface area contributed by atoms with Gasteiger partial charge in [-0.25, -0.2) is 18.8 Å². The van der Waals surface area contributed by atoms with Crippen LogP contribution < -0.4 is 15.8 Å². The van der Waals surface area contributed by atoms with Crippen LogP contribution in [-0.4, -0.2) is 73.6 Å². The first-order valence-corrected chi connectivity index (χ1v) is 12.1. The lowest BCUT2D eigenvalue weighted by molar-refractivity contribution is -0.148. The zero-order valence-corrected chi connectivity index (χ0v) is 22.4. The van der Waals surface area contributed by atoms with E-state index in [1.54, 1.807) is 32.0 Å². The van der Waals surface area contributed by atoms with E-state index in [0.717, 1.165) is 11.0 Å². The largest absolute Gasteiger partial charge is 0.481 e.